The van der Waals surface area contributed by atoms with Crippen molar-refractivity contribution in [3.8, 4) is 0 Å². The fourth-order valence-electron chi connectivity index (χ4n) is 3.84. The Hall–Kier alpha value is -3.31. The molecule has 0 saturated carbocycles. The molecule has 0 unspecified atom stereocenters. The molecular weight excluding hydrogens is 426 g/mol. The van der Waals surface area contributed by atoms with E-state index in [1.807, 2.05) is 0 Å². The Morgan fingerprint density at radius 1 is 0.906 bits per heavy atom. The number of rotatable bonds is 6. The summed E-state index contributed by atoms with van der Waals surface area (Å²) in [5.41, 5.74) is 0.301. The van der Waals surface area contributed by atoms with E-state index in [9.17, 15) is 24.0 Å². The van der Waals surface area contributed by atoms with Crippen molar-refractivity contribution >= 4 is 29.7 Å². The van der Waals surface area contributed by atoms with Gasteiger partial charge in [0.1, 0.15) is 18.8 Å². The molecule has 0 spiro atoms. The van der Waals surface area contributed by atoms with Crippen LogP contribution in [0.3, 0.4) is 0 Å². The Morgan fingerprint density at radius 2 is 1.44 bits per heavy atom. The second-order valence-corrected chi connectivity index (χ2v) is 7.25. The van der Waals surface area contributed by atoms with Gasteiger partial charge in [0, 0.05) is 27.9 Å². The Labute approximate surface area is 183 Å². The van der Waals surface area contributed by atoms with Gasteiger partial charge in [-0.15, -0.1) is 0 Å². The zero-order valence-electron chi connectivity index (χ0n) is 17.9. The Kier molecular flexibility index (Phi) is 6.90. The lowest BCUT2D eigenvalue weighted by Gasteiger charge is -2.46. The Morgan fingerprint density at radius 3 is 1.91 bits per heavy atom. The van der Waals surface area contributed by atoms with Crippen LogP contribution < -0.4 is 0 Å². The molecule has 0 radical (unpaired) electrons. The molecular formula is C21H23NO10. The van der Waals surface area contributed by atoms with Gasteiger partial charge in [0.05, 0.1) is 11.1 Å². The minimum absolute atomic E-state index is 0.151. The molecule has 172 valence electrons. The largest absolute Gasteiger partial charge is 0.463 e. The van der Waals surface area contributed by atoms with Crippen molar-refractivity contribution in [2.45, 2.75) is 51.4 Å². The Bertz CT molecular complexity index is 909. The second kappa shape index (κ2) is 9.45. The number of hydrogen-bond donors (Lipinski definition) is 0. The van der Waals surface area contributed by atoms with Crippen molar-refractivity contribution in [3.05, 3.63) is 35.4 Å². The van der Waals surface area contributed by atoms with Gasteiger partial charge in [-0.05, 0) is 12.1 Å². The summed E-state index contributed by atoms with van der Waals surface area (Å²) in [6, 6.07) is 4.87. The number of ether oxygens (including phenoxy) is 5. The van der Waals surface area contributed by atoms with Gasteiger partial charge >= 0.3 is 17.9 Å². The van der Waals surface area contributed by atoms with Crippen molar-refractivity contribution in [2.75, 3.05) is 13.7 Å². The zero-order chi connectivity index (χ0) is 23.6. The first-order chi connectivity index (χ1) is 15.1. The fourth-order valence-corrected chi connectivity index (χ4v) is 3.84. The molecule has 11 nitrogen and oxygen atoms in total. The number of amides is 2. The lowest BCUT2D eigenvalue weighted by Crippen LogP contribution is -2.67. The standard InChI is InChI=1S/C21H23NO10/c1-10(23)29-9-15-17(30-11(2)24)16(18(31-12(3)25)21(28-4)32-15)22-19(26)13-7-5-6-8-14(13)20(22)27/h5-8,15-18,21H,9H2,1-4H3/t15-,16+,17-,18+,21+/m1/s1. The average Bonchev–Trinajstić information content (AvgIpc) is 2.97. The van der Waals surface area contributed by atoms with E-state index < -0.39 is 60.4 Å². The molecule has 32 heavy (non-hydrogen) atoms. The summed E-state index contributed by atoms with van der Waals surface area (Å²) in [7, 11) is 1.27. The summed E-state index contributed by atoms with van der Waals surface area (Å²) in [6.45, 7) is 3.09. The number of fused-ring (bicyclic) bond motifs is 1. The minimum atomic E-state index is -1.32. The summed E-state index contributed by atoms with van der Waals surface area (Å²) >= 11 is 0. The van der Waals surface area contributed by atoms with E-state index >= 15 is 0 Å². The number of hydrogen-bond acceptors (Lipinski definition) is 10. The normalized spacial score (nSPS) is 27.0. The molecule has 1 fully saturated rings. The third-order valence-electron chi connectivity index (χ3n) is 5.03. The van der Waals surface area contributed by atoms with Crippen LogP contribution in [0.15, 0.2) is 24.3 Å². The number of imide groups is 1. The van der Waals surface area contributed by atoms with Crippen LogP contribution in [0.5, 0.6) is 0 Å². The average molecular weight is 449 g/mol. The quantitative estimate of drug-likeness (QED) is 0.342. The molecule has 0 bridgehead atoms. The highest BCUT2D eigenvalue weighted by Gasteiger charge is 2.57. The molecule has 2 aliphatic rings. The highest BCUT2D eigenvalue weighted by molar-refractivity contribution is 6.21. The molecule has 1 aromatic carbocycles. The number of carbonyl (C=O) groups excluding carboxylic acids is 5. The summed E-state index contributed by atoms with van der Waals surface area (Å²) in [5.74, 6) is -3.42. The lowest BCUT2D eigenvalue weighted by atomic mass is 9.94. The van der Waals surface area contributed by atoms with Crippen LogP contribution in [0, 0.1) is 0 Å². The van der Waals surface area contributed by atoms with Crippen LogP contribution in [0.25, 0.3) is 0 Å². The van der Waals surface area contributed by atoms with Crippen LogP contribution in [-0.2, 0) is 38.1 Å². The van der Waals surface area contributed by atoms with Gasteiger partial charge in [0.25, 0.3) is 11.8 Å². The monoisotopic (exact) mass is 449 g/mol. The molecule has 2 heterocycles. The predicted molar refractivity (Wildman–Crippen MR) is 104 cm³/mol. The van der Waals surface area contributed by atoms with Crippen molar-refractivity contribution in [1.82, 2.24) is 4.90 Å². The van der Waals surface area contributed by atoms with Crippen molar-refractivity contribution in [2.24, 2.45) is 0 Å². The smallest absolute Gasteiger partial charge is 0.303 e. The third kappa shape index (κ3) is 4.48. The SMILES string of the molecule is CO[C@H]1O[C@H](COC(C)=O)[C@@H](OC(C)=O)[C@H](N2C(=O)c3ccccc3C2=O)[C@@H]1OC(C)=O. The summed E-state index contributed by atoms with van der Waals surface area (Å²) in [4.78, 5) is 62.4. The number of carbonyl (C=O) groups is 5. The van der Waals surface area contributed by atoms with E-state index in [0.29, 0.717) is 0 Å². The molecule has 0 N–H and O–H groups in total. The highest BCUT2D eigenvalue weighted by Crippen LogP contribution is 2.35. The van der Waals surface area contributed by atoms with E-state index in [-0.39, 0.29) is 17.7 Å². The minimum Gasteiger partial charge on any atom is -0.463 e. The van der Waals surface area contributed by atoms with E-state index in [2.05, 4.69) is 0 Å². The molecule has 2 aliphatic heterocycles. The maximum atomic E-state index is 13.2. The van der Waals surface area contributed by atoms with Gasteiger partial charge in [-0.25, -0.2) is 0 Å². The summed E-state index contributed by atoms with van der Waals surface area (Å²) in [6.07, 6.45) is -5.00. The van der Waals surface area contributed by atoms with Crippen LogP contribution in [0.2, 0.25) is 0 Å². The maximum Gasteiger partial charge on any atom is 0.303 e. The van der Waals surface area contributed by atoms with E-state index in [0.717, 1.165) is 18.7 Å². The Balaban J connectivity index is 2.10. The molecule has 0 aliphatic carbocycles. The molecule has 0 aromatic heterocycles. The predicted octanol–water partition coefficient (Wildman–Crippen LogP) is 0.449. The van der Waals surface area contributed by atoms with Gasteiger partial charge in [-0.2, -0.15) is 0 Å². The topological polar surface area (TPSA) is 135 Å². The van der Waals surface area contributed by atoms with Crippen LogP contribution in [0.4, 0.5) is 0 Å². The van der Waals surface area contributed by atoms with E-state index in [4.69, 9.17) is 23.7 Å². The van der Waals surface area contributed by atoms with Crippen molar-refractivity contribution in [3.63, 3.8) is 0 Å². The van der Waals surface area contributed by atoms with Crippen LogP contribution in [-0.4, -0.2) is 79.0 Å². The molecule has 2 amide bonds. The van der Waals surface area contributed by atoms with Crippen molar-refractivity contribution < 1.29 is 47.7 Å². The molecule has 11 heteroatoms. The number of esters is 3. The fraction of sp³-hybridized carbons (Fsp3) is 0.476. The molecule has 1 saturated heterocycles. The van der Waals surface area contributed by atoms with Gasteiger partial charge in [-0.1, -0.05) is 12.1 Å². The maximum absolute atomic E-state index is 13.2. The first-order valence-electron chi connectivity index (χ1n) is 9.78. The zero-order valence-corrected chi connectivity index (χ0v) is 17.9. The second-order valence-electron chi connectivity index (χ2n) is 7.25. The van der Waals surface area contributed by atoms with Gasteiger partial charge < -0.3 is 23.7 Å². The lowest BCUT2D eigenvalue weighted by molar-refractivity contribution is -0.285. The number of nitrogens with zero attached hydrogens (tertiary/aromatic N) is 1. The first kappa shape index (κ1) is 23.4. The number of benzene rings is 1. The van der Waals surface area contributed by atoms with E-state index in [1.54, 1.807) is 12.1 Å². The molecule has 3 rings (SSSR count). The number of methoxy groups -OCH3 is 1. The molecule has 5 atom stereocenters. The summed E-state index contributed by atoms with van der Waals surface area (Å²) < 4.78 is 26.9. The third-order valence-corrected chi connectivity index (χ3v) is 5.03. The summed E-state index contributed by atoms with van der Waals surface area (Å²) in [5, 5.41) is 0. The highest BCUT2D eigenvalue weighted by atomic mass is 16.7. The van der Waals surface area contributed by atoms with E-state index in [1.165, 1.54) is 26.2 Å². The first-order valence-corrected chi connectivity index (χ1v) is 9.78. The van der Waals surface area contributed by atoms with Crippen LogP contribution >= 0.6 is 0 Å². The molecule has 1 aromatic rings. The van der Waals surface area contributed by atoms with Crippen molar-refractivity contribution in [1.29, 1.82) is 0 Å². The van der Waals surface area contributed by atoms with Crippen LogP contribution in [0.1, 0.15) is 41.5 Å². The van der Waals surface area contributed by atoms with Gasteiger partial charge in [0.2, 0.25) is 0 Å². The van der Waals surface area contributed by atoms with Gasteiger partial charge in [-0.3, -0.25) is 28.9 Å². The van der Waals surface area contributed by atoms with Gasteiger partial charge in [0.15, 0.2) is 18.5 Å².